The highest BCUT2D eigenvalue weighted by Crippen LogP contribution is 2.24. The molecule has 1 rings (SSSR count). The molecule has 0 spiro atoms. The Hall–Kier alpha value is -1.12. The molecular formula is C10H16N2O4S2. The van der Waals surface area contributed by atoms with Crippen molar-refractivity contribution >= 4 is 25.7 Å². The van der Waals surface area contributed by atoms with Gasteiger partial charge in [0, 0.05) is 0 Å². The second kappa shape index (κ2) is 4.52. The number of sulfonamides is 2. The van der Waals surface area contributed by atoms with Crippen LogP contribution in [0.4, 0.5) is 5.69 Å². The first-order valence-corrected chi connectivity index (χ1v) is 8.12. The zero-order valence-corrected chi connectivity index (χ0v) is 12.0. The zero-order chi connectivity index (χ0) is 14.2. The summed E-state index contributed by atoms with van der Waals surface area (Å²) in [6.07, 6.45) is 0. The third-order valence-corrected chi connectivity index (χ3v) is 5.31. The quantitative estimate of drug-likeness (QED) is 0.862. The maximum atomic E-state index is 12.0. The van der Waals surface area contributed by atoms with Crippen LogP contribution in [-0.4, -0.2) is 21.6 Å². The third-order valence-electron chi connectivity index (χ3n) is 2.24. The van der Waals surface area contributed by atoms with Crippen LogP contribution in [0, 0.1) is 0 Å². The lowest BCUT2D eigenvalue weighted by atomic mass is 10.3. The molecule has 0 saturated carbocycles. The molecule has 102 valence electrons. The smallest absolute Gasteiger partial charge is 0.240 e. The molecule has 1 aromatic rings. The van der Waals surface area contributed by atoms with Crippen LogP contribution in [-0.2, 0) is 20.0 Å². The fourth-order valence-corrected chi connectivity index (χ4v) is 2.63. The molecule has 0 heterocycles. The Balaban J connectivity index is 3.31. The SMILES string of the molecule is CC(C)(C)S(=O)(=O)Nc1ccccc1S(N)(=O)=O. The van der Waals surface area contributed by atoms with Gasteiger partial charge in [-0.15, -0.1) is 0 Å². The maximum absolute atomic E-state index is 12.0. The van der Waals surface area contributed by atoms with Crippen molar-refractivity contribution in [1.82, 2.24) is 0 Å². The van der Waals surface area contributed by atoms with Crippen molar-refractivity contribution < 1.29 is 16.8 Å². The Morgan fingerprint density at radius 3 is 2.00 bits per heavy atom. The van der Waals surface area contributed by atoms with Gasteiger partial charge in [0.15, 0.2) is 0 Å². The minimum atomic E-state index is -3.98. The van der Waals surface area contributed by atoms with E-state index in [4.69, 9.17) is 5.14 Å². The number of primary sulfonamides is 1. The molecular weight excluding hydrogens is 276 g/mol. The monoisotopic (exact) mass is 292 g/mol. The number of rotatable bonds is 3. The Morgan fingerprint density at radius 2 is 1.56 bits per heavy atom. The van der Waals surface area contributed by atoms with E-state index < -0.39 is 24.8 Å². The van der Waals surface area contributed by atoms with Gasteiger partial charge in [0.05, 0.1) is 10.4 Å². The summed E-state index contributed by atoms with van der Waals surface area (Å²) in [7, 11) is -7.68. The summed E-state index contributed by atoms with van der Waals surface area (Å²) in [5, 5.41) is 5.02. The van der Waals surface area contributed by atoms with Gasteiger partial charge in [-0.3, -0.25) is 4.72 Å². The molecule has 0 aliphatic heterocycles. The maximum Gasteiger partial charge on any atom is 0.240 e. The van der Waals surface area contributed by atoms with Crippen molar-refractivity contribution in [2.24, 2.45) is 5.14 Å². The van der Waals surface area contributed by atoms with Gasteiger partial charge in [-0.25, -0.2) is 22.0 Å². The first-order valence-electron chi connectivity index (χ1n) is 5.09. The van der Waals surface area contributed by atoms with E-state index in [0.717, 1.165) is 0 Å². The summed E-state index contributed by atoms with van der Waals surface area (Å²) in [6, 6.07) is 5.59. The molecule has 0 aromatic heterocycles. The minimum Gasteiger partial charge on any atom is -0.282 e. The Kier molecular flexibility index (Phi) is 3.75. The van der Waals surface area contributed by atoms with Crippen LogP contribution in [0.5, 0.6) is 0 Å². The molecule has 0 amide bonds. The topological polar surface area (TPSA) is 106 Å². The van der Waals surface area contributed by atoms with Gasteiger partial charge in [0.1, 0.15) is 4.90 Å². The van der Waals surface area contributed by atoms with Gasteiger partial charge in [-0.1, -0.05) is 12.1 Å². The van der Waals surface area contributed by atoms with Gasteiger partial charge >= 0.3 is 0 Å². The van der Waals surface area contributed by atoms with E-state index in [1.54, 1.807) is 0 Å². The first-order chi connectivity index (χ1) is 7.95. The van der Waals surface area contributed by atoms with Gasteiger partial charge in [-0.2, -0.15) is 0 Å². The molecule has 0 radical (unpaired) electrons. The van der Waals surface area contributed by atoms with Crippen LogP contribution in [0.2, 0.25) is 0 Å². The molecule has 18 heavy (non-hydrogen) atoms. The van der Waals surface area contributed by atoms with E-state index in [2.05, 4.69) is 4.72 Å². The van der Waals surface area contributed by atoms with Crippen LogP contribution in [0.1, 0.15) is 20.8 Å². The van der Waals surface area contributed by atoms with Gasteiger partial charge < -0.3 is 0 Å². The van der Waals surface area contributed by atoms with Crippen molar-refractivity contribution in [2.45, 2.75) is 30.4 Å². The van der Waals surface area contributed by atoms with Crippen LogP contribution in [0.3, 0.4) is 0 Å². The third kappa shape index (κ3) is 3.21. The summed E-state index contributed by atoms with van der Waals surface area (Å²) >= 11 is 0. The summed E-state index contributed by atoms with van der Waals surface area (Å²) in [4.78, 5) is -0.252. The standard InChI is InChI=1S/C10H16N2O4S2/c1-10(2,3)18(15,16)12-8-6-4-5-7-9(8)17(11,13)14/h4-7,12H,1-3H3,(H2,11,13,14). The summed E-state index contributed by atoms with van der Waals surface area (Å²) in [5.74, 6) is 0. The number of nitrogens with two attached hydrogens (primary N) is 1. The van der Waals surface area contributed by atoms with Crippen molar-refractivity contribution in [3.63, 3.8) is 0 Å². The number of anilines is 1. The lowest BCUT2D eigenvalue weighted by Gasteiger charge is -2.21. The Labute approximate surface area is 107 Å². The van der Waals surface area contributed by atoms with Crippen LogP contribution in [0.25, 0.3) is 0 Å². The van der Waals surface area contributed by atoms with Crippen molar-refractivity contribution in [1.29, 1.82) is 0 Å². The largest absolute Gasteiger partial charge is 0.282 e. The number of benzene rings is 1. The van der Waals surface area contributed by atoms with E-state index in [1.807, 2.05) is 0 Å². The molecule has 0 atom stereocenters. The molecule has 0 unspecified atom stereocenters. The normalized spacial score (nSPS) is 13.3. The Bertz CT molecular complexity index is 643. The molecule has 1 aromatic carbocycles. The highest BCUT2D eigenvalue weighted by Gasteiger charge is 2.30. The van der Waals surface area contributed by atoms with Crippen molar-refractivity contribution in [3.05, 3.63) is 24.3 Å². The molecule has 0 saturated heterocycles. The first kappa shape index (κ1) is 14.9. The molecule has 6 nitrogen and oxygen atoms in total. The molecule has 0 bridgehead atoms. The summed E-state index contributed by atoms with van der Waals surface area (Å²) in [6.45, 7) is 4.53. The lowest BCUT2D eigenvalue weighted by molar-refractivity contribution is 0.566. The van der Waals surface area contributed by atoms with E-state index in [0.29, 0.717) is 0 Å². The minimum absolute atomic E-state index is 0.0464. The second-order valence-electron chi connectivity index (χ2n) is 4.76. The molecule has 0 aliphatic rings. The van der Waals surface area contributed by atoms with Gasteiger partial charge in [0.2, 0.25) is 20.0 Å². The average molecular weight is 292 g/mol. The Morgan fingerprint density at radius 1 is 1.06 bits per heavy atom. The van der Waals surface area contributed by atoms with E-state index in [1.165, 1.54) is 45.0 Å². The van der Waals surface area contributed by atoms with Gasteiger partial charge in [-0.05, 0) is 32.9 Å². The number of hydrogen-bond donors (Lipinski definition) is 2. The molecule has 0 fully saturated rings. The molecule has 0 aliphatic carbocycles. The second-order valence-corrected chi connectivity index (χ2v) is 8.72. The number of nitrogens with one attached hydrogen (secondary N) is 1. The number of hydrogen-bond acceptors (Lipinski definition) is 4. The van der Waals surface area contributed by atoms with E-state index in [9.17, 15) is 16.8 Å². The number of para-hydroxylation sites is 1. The summed E-state index contributed by atoms with van der Waals surface area (Å²) in [5.41, 5.74) is -0.0464. The van der Waals surface area contributed by atoms with Crippen molar-refractivity contribution in [3.8, 4) is 0 Å². The fourth-order valence-electron chi connectivity index (χ4n) is 1.10. The van der Waals surface area contributed by atoms with E-state index >= 15 is 0 Å². The summed E-state index contributed by atoms with van der Waals surface area (Å²) < 4.78 is 47.8. The molecule has 8 heteroatoms. The van der Waals surface area contributed by atoms with Gasteiger partial charge in [0.25, 0.3) is 0 Å². The zero-order valence-electron chi connectivity index (χ0n) is 10.3. The predicted molar refractivity (Wildman–Crippen MR) is 70.1 cm³/mol. The molecule has 3 N–H and O–H groups in total. The highest BCUT2D eigenvalue weighted by molar-refractivity contribution is 7.94. The highest BCUT2D eigenvalue weighted by atomic mass is 32.2. The predicted octanol–water partition coefficient (Wildman–Crippen LogP) is 0.874. The fraction of sp³-hybridized carbons (Fsp3) is 0.400. The lowest BCUT2D eigenvalue weighted by Crippen LogP contribution is -2.34. The van der Waals surface area contributed by atoms with Crippen molar-refractivity contribution in [2.75, 3.05) is 4.72 Å². The van der Waals surface area contributed by atoms with Crippen LogP contribution >= 0.6 is 0 Å². The van der Waals surface area contributed by atoms with Crippen LogP contribution in [0.15, 0.2) is 29.2 Å². The van der Waals surface area contributed by atoms with Crippen LogP contribution < -0.4 is 9.86 Å². The van der Waals surface area contributed by atoms with E-state index in [-0.39, 0.29) is 10.6 Å². The average Bonchev–Trinajstić information content (AvgIpc) is 2.14.